The highest BCUT2D eigenvalue weighted by molar-refractivity contribution is 7.89. The molecule has 1 aliphatic heterocycles. The number of carbonyl (C=O) groups excluding carboxylic acids is 1. The van der Waals surface area contributed by atoms with Crippen LogP contribution in [0.3, 0.4) is 0 Å². The zero-order valence-corrected chi connectivity index (χ0v) is 15.8. The molecule has 26 heavy (non-hydrogen) atoms. The molecule has 6 nitrogen and oxygen atoms in total. The van der Waals surface area contributed by atoms with Gasteiger partial charge in [-0.3, -0.25) is 9.78 Å². The number of hydrogen-bond donors (Lipinski definition) is 1. The van der Waals surface area contributed by atoms with Crippen molar-refractivity contribution in [1.29, 1.82) is 0 Å². The summed E-state index contributed by atoms with van der Waals surface area (Å²) in [6.45, 7) is 1.41. The second kappa shape index (κ2) is 8.16. The van der Waals surface area contributed by atoms with Gasteiger partial charge in [0.1, 0.15) is 0 Å². The molecule has 0 radical (unpaired) electrons. The highest BCUT2D eigenvalue weighted by atomic mass is 35.5. The fourth-order valence-corrected chi connectivity index (χ4v) is 4.61. The summed E-state index contributed by atoms with van der Waals surface area (Å²) < 4.78 is 26.8. The minimum absolute atomic E-state index is 0.0960. The highest BCUT2D eigenvalue weighted by Gasteiger charge is 2.28. The van der Waals surface area contributed by atoms with Gasteiger partial charge < -0.3 is 5.32 Å². The largest absolute Gasteiger partial charge is 0.352 e. The van der Waals surface area contributed by atoms with Gasteiger partial charge in [-0.1, -0.05) is 17.7 Å². The Kier molecular flexibility index (Phi) is 5.90. The zero-order chi connectivity index (χ0) is 18.6. The number of nitrogens with one attached hydrogen (secondary N) is 1. The summed E-state index contributed by atoms with van der Waals surface area (Å²) in [4.78, 5) is 16.7. The number of halogens is 1. The minimum atomic E-state index is -3.59. The Hall–Kier alpha value is -1.96. The van der Waals surface area contributed by atoms with E-state index in [1.54, 1.807) is 6.20 Å². The predicted molar refractivity (Wildman–Crippen MR) is 99.7 cm³/mol. The van der Waals surface area contributed by atoms with Crippen molar-refractivity contribution in [3.05, 3.63) is 58.9 Å². The van der Waals surface area contributed by atoms with Crippen molar-refractivity contribution < 1.29 is 13.2 Å². The lowest BCUT2D eigenvalue weighted by Gasteiger charge is -2.16. The fourth-order valence-electron chi connectivity index (χ4n) is 2.86. The van der Waals surface area contributed by atoms with Crippen LogP contribution >= 0.6 is 11.6 Å². The molecule has 0 aliphatic carbocycles. The molecule has 3 rings (SSSR count). The Morgan fingerprint density at radius 3 is 2.65 bits per heavy atom. The summed E-state index contributed by atoms with van der Waals surface area (Å²) in [6.07, 6.45) is 3.98. The van der Waals surface area contributed by atoms with Crippen LogP contribution in [0, 0.1) is 0 Å². The number of rotatable bonds is 6. The van der Waals surface area contributed by atoms with E-state index in [-0.39, 0.29) is 15.5 Å². The summed E-state index contributed by atoms with van der Waals surface area (Å²) in [5.74, 6) is -0.399. The Labute approximate surface area is 158 Å². The van der Waals surface area contributed by atoms with E-state index < -0.39 is 15.9 Å². The van der Waals surface area contributed by atoms with E-state index in [4.69, 9.17) is 11.6 Å². The molecule has 1 amide bonds. The number of benzene rings is 1. The van der Waals surface area contributed by atoms with Crippen molar-refractivity contribution in [3.8, 4) is 0 Å². The van der Waals surface area contributed by atoms with E-state index in [1.165, 1.54) is 22.5 Å². The molecule has 1 fully saturated rings. The second-order valence-corrected chi connectivity index (χ2v) is 8.42. The first-order chi connectivity index (χ1) is 12.5. The van der Waals surface area contributed by atoms with Crippen LogP contribution in [-0.4, -0.2) is 43.2 Å². The van der Waals surface area contributed by atoms with E-state index in [0.717, 1.165) is 18.5 Å². The molecule has 0 spiro atoms. The predicted octanol–water partition coefficient (Wildman–Crippen LogP) is 2.49. The van der Waals surface area contributed by atoms with E-state index in [1.807, 2.05) is 18.2 Å². The maximum Gasteiger partial charge on any atom is 0.252 e. The van der Waals surface area contributed by atoms with Crippen molar-refractivity contribution in [3.63, 3.8) is 0 Å². The quantitative estimate of drug-likeness (QED) is 0.817. The monoisotopic (exact) mass is 393 g/mol. The molecule has 0 atom stereocenters. The third kappa shape index (κ3) is 4.23. The van der Waals surface area contributed by atoms with E-state index >= 15 is 0 Å². The van der Waals surface area contributed by atoms with Crippen molar-refractivity contribution in [2.45, 2.75) is 24.2 Å². The Balaban J connectivity index is 1.71. The summed E-state index contributed by atoms with van der Waals surface area (Å²) in [6, 6.07) is 9.84. The van der Waals surface area contributed by atoms with Gasteiger partial charge in [0.15, 0.2) is 0 Å². The first-order valence-corrected chi connectivity index (χ1v) is 10.3. The van der Waals surface area contributed by atoms with Crippen molar-refractivity contribution in [2.24, 2.45) is 0 Å². The summed E-state index contributed by atoms with van der Waals surface area (Å²) in [5.41, 5.74) is 1.03. The van der Waals surface area contributed by atoms with Crippen LogP contribution in [0.4, 0.5) is 0 Å². The smallest absolute Gasteiger partial charge is 0.252 e. The molecule has 1 aromatic carbocycles. The van der Waals surface area contributed by atoms with Gasteiger partial charge in [-0.2, -0.15) is 4.31 Å². The van der Waals surface area contributed by atoms with Gasteiger partial charge in [0.2, 0.25) is 10.0 Å². The maximum atomic E-state index is 12.7. The van der Waals surface area contributed by atoms with Crippen LogP contribution in [0.2, 0.25) is 5.02 Å². The van der Waals surface area contributed by atoms with Gasteiger partial charge >= 0.3 is 0 Å². The molecule has 2 heterocycles. The Morgan fingerprint density at radius 1 is 1.19 bits per heavy atom. The molecule has 1 saturated heterocycles. The maximum absolute atomic E-state index is 12.7. The second-order valence-electron chi connectivity index (χ2n) is 6.08. The van der Waals surface area contributed by atoms with Crippen molar-refractivity contribution in [1.82, 2.24) is 14.6 Å². The van der Waals surface area contributed by atoms with Gasteiger partial charge in [0, 0.05) is 37.9 Å². The first kappa shape index (κ1) is 18.8. The molecule has 1 N–H and O–H groups in total. The van der Waals surface area contributed by atoms with E-state index in [2.05, 4.69) is 10.3 Å². The number of nitrogens with zero attached hydrogens (tertiary/aromatic N) is 2. The van der Waals surface area contributed by atoms with Crippen molar-refractivity contribution >= 4 is 27.5 Å². The van der Waals surface area contributed by atoms with Gasteiger partial charge in [-0.05, 0) is 43.2 Å². The molecule has 0 unspecified atom stereocenters. The molecule has 138 valence electrons. The normalized spacial score (nSPS) is 15.1. The highest BCUT2D eigenvalue weighted by Crippen LogP contribution is 2.25. The van der Waals surface area contributed by atoms with E-state index in [0.29, 0.717) is 26.1 Å². The lowest BCUT2D eigenvalue weighted by atomic mass is 10.2. The molecule has 1 aliphatic rings. The van der Waals surface area contributed by atoms with E-state index in [9.17, 15) is 13.2 Å². The van der Waals surface area contributed by atoms with Gasteiger partial charge in [0.05, 0.1) is 15.5 Å². The number of aromatic nitrogens is 1. The molecule has 0 saturated carbocycles. The lowest BCUT2D eigenvalue weighted by Crippen LogP contribution is -2.29. The molecular formula is C18H20ClN3O3S. The van der Waals surface area contributed by atoms with Crippen LogP contribution in [0.5, 0.6) is 0 Å². The number of hydrogen-bond acceptors (Lipinski definition) is 4. The molecular weight excluding hydrogens is 374 g/mol. The molecule has 0 bridgehead atoms. The number of carbonyl (C=O) groups is 1. The fraction of sp³-hybridized carbons (Fsp3) is 0.333. The summed E-state index contributed by atoms with van der Waals surface area (Å²) in [7, 11) is -3.59. The molecule has 1 aromatic heterocycles. The molecule has 8 heteroatoms. The first-order valence-electron chi connectivity index (χ1n) is 8.46. The number of sulfonamides is 1. The third-order valence-corrected chi connectivity index (χ3v) is 6.50. The summed E-state index contributed by atoms with van der Waals surface area (Å²) in [5, 5.41) is 2.99. The molecule has 2 aromatic rings. The van der Waals surface area contributed by atoms with Gasteiger partial charge in [-0.15, -0.1) is 0 Å². The van der Waals surface area contributed by atoms with Crippen molar-refractivity contribution in [2.75, 3.05) is 19.6 Å². The Morgan fingerprint density at radius 2 is 1.96 bits per heavy atom. The average molecular weight is 394 g/mol. The minimum Gasteiger partial charge on any atom is -0.352 e. The van der Waals surface area contributed by atoms with Crippen LogP contribution in [0.25, 0.3) is 0 Å². The average Bonchev–Trinajstić information content (AvgIpc) is 3.18. The van der Waals surface area contributed by atoms with Crippen LogP contribution in [0.1, 0.15) is 28.9 Å². The standard InChI is InChI=1S/C18H20ClN3O3S/c19-17-7-6-15(26(24,25)22-11-3-4-12-22)13-16(17)18(23)21-10-8-14-5-1-2-9-20-14/h1-2,5-7,9,13H,3-4,8,10-12H2,(H,21,23). The number of amides is 1. The SMILES string of the molecule is O=C(NCCc1ccccn1)c1cc(S(=O)(=O)N2CCCC2)ccc1Cl. The topological polar surface area (TPSA) is 79.4 Å². The summed E-state index contributed by atoms with van der Waals surface area (Å²) >= 11 is 6.12. The lowest BCUT2D eigenvalue weighted by molar-refractivity contribution is 0.0954. The van der Waals surface area contributed by atoms with Gasteiger partial charge in [-0.25, -0.2) is 8.42 Å². The number of pyridine rings is 1. The van der Waals surface area contributed by atoms with Gasteiger partial charge in [0.25, 0.3) is 5.91 Å². The van der Waals surface area contributed by atoms with Crippen LogP contribution in [0.15, 0.2) is 47.5 Å². The van der Waals surface area contributed by atoms with Crippen LogP contribution < -0.4 is 5.32 Å². The third-order valence-electron chi connectivity index (χ3n) is 4.28. The zero-order valence-electron chi connectivity index (χ0n) is 14.2. The van der Waals surface area contributed by atoms with Crippen LogP contribution in [-0.2, 0) is 16.4 Å². The Bertz CT molecular complexity index is 882.